The van der Waals surface area contributed by atoms with Crippen LogP contribution in [0.25, 0.3) is 11.0 Å². The highest BCUT2D eigenvalue weighted by molar-refractivity contribution is 9.10. The highest BCUT2D eigenvalue weighted by Gasteiger charge is 2.06. The summed E-state index contributed by atoms with van der Waals surface area (Å²) in [5, 5.41) is 8.84. The van der Waals surface area contributed by atoms with Crippen molar-refractivity contribution in [1.29, 1.82) is 0 Å². The molecule has 2 aromatic rings. The summed E-state index contributed by atoms with van der Waals surface area (Å²) in [4.78, 5) is 0. The van der Waals surface area contributed by atoms with Crippen molar-refractivity contribution in [3.05, 3.63) is 22.2 Å². The van der Waals surface area contributed by atoms with Crippen LogP contribution in [0.2, 0.25) is 0 Å². The molecule has 0 bridgehead atoms. The highest BCUT2D eigenvalue weighted by Crippen LogP contribution is 2.24. The zero-order valence-electron chi connectivity index (χ0n) is 6.96. The molecule has 3 nitrogen and oxygen atoms in total. The van der Waals surface area contributed by atoms with Crippen molar-refractivity contribution < 1.29 is 0 Å². The number of alkyl halides is 1. The zero-order valence-corrected chi connectivity index (χ0v) is 10.1. The third-order valence-electron chi connectivity index (χ3n) is 1.88. The first-order chi connectivity index (χ1) is 6.22. The van der Waals surface area contributed by atoms with Crippen molar-refractivity contribution in [2.24, 2.45) is 7.05 Å². The third-order valence-corrected chi connectivity index (χ3v) is 3.14. The van der Waals surface area contributed by atoms with Gasteiger partial charge in [-0.2, -0.15) is 0 Å². The SMILES string of the molecule is Cn1nnc2c(Br)cc(CBr)cc21. The van der Waals surface area contributed by atoms with Crippen LogP contribution in [-0.2, 0) is 12.4 Å². The largest absolute Gasteiger partial charge is 0.248 e. The van der Waals surface area contributed by atoms with Crippen molar-refractivity contribution in [1.82, 2.24) is 15.0 Å². The quantitative estimate of drug-likeness (QED) is 0.758. The Bertz CT molecular complexity index is 450. The number of aromatic nitrogens is 3. The van der Waals surface area contributed by atoms with Crippen LogP contribution in [0.3, 0.4) is 0 Å². The molecule has 68 valence electrons. The number of hydrogen-bond donors (Lipinski definition) is 0. The number of aryl methyl sites for hydroxylation is 1. The number of nitrogens with zero attached hydrogens (tertiary/aromatic N) is 3. The van der Waals surface area contributed by atoms with Crippen molar-refractivity contribution in [2.75, 3.05) is 0 Å². The minimum absolute atomic E-state index is 0.840. The van der Waals surface area contributed by atoms with Crippen LogP contribution in [0.5, 0.6) is 0 Å². The first kappa shape index (κ1) is 9.15. The van der Waals surface area contributed by atoms with E-state index in [1.807, 2.05) is 13.1 Å². The molecule has 1 heterocycles. The van der Waals surface area contributed by atoms with Crippen molar-refractivity contribution in [3.8, 4) is 0 Å². The van der Waals surface area contributed by atoms with Crippen molar-refractivity contribution in [3.63, 3.8) is 0 Å². The molecule has 1 aromatic carbocycles. The third kappa shape index (κ3) is 1.50. The molecule has 13 heavy (non-hydrogen) atoms. The van der Waals surface area contributed by atoms with Gasteiger partial charge in [0, 0.05) is 16.9 Å². The normalized spacial score (nSPS) is 11.0. The summed E-state index contributed by atoms with van der Waals surface area (Å²) in [5.41, 5.74) is 3.17. The number of hydrogen-bond acceptors (Lipinski definition) is 2. The van der Waals surface area contributed by atoms with Crippen LogP contribution in [-0.4, -0.2) is 15.0 Å². The Hall–Kier alpha value is -0.420. The van der Waals surface area contributed by atoms with E-state index in [0.717, 1.165) is 20.8 Å². The summed E-state index contributed by atoms with van der Waals surface area (Å²) in [6.07, 6.45) is 0. The van der Waals surface area contributed by atoms with E-state index in [9.17, 15) is 0 Å². The molecule has 0 aliphatic carbocycles. The van der Waals surface area contributed by atoms with E-state index in [1.165, 1.54) is 5.56 Å². The maximum atomic E-state index is 4.04. The summed E-state index contributed by atoms with van der Waals surface area (Å²) < 4.78 is 2.76. The smallest absolute Gasteiger partial charge is 0.127 e. The number of halogens is 2. The zero-order chi connectivity index (χ0) is 9.42. The Morgan fingerprint density at radius 1 is 1.46 bits per heavy atom. The Balaban J connectivity index is 2.80. The van der Waals surface area contributed by atoms with E-state index in [4.69, 9.17) is 0 Å². The van der Waals surface area contributed by atoms with Crippen LogP contribution < -0.4 is 0 Å². The molecule has 0 N–H and O–H groups in total. The molecule has 0 radical (unpaired) electrons. The molecule has 1 aromatic heterocycles. The average Bonchev–Trinajstić information content (AvgIpc) is 2.48. The molecule has 0 spiro atoms. The van der Waals surface area contributed by atoms with E-state index >= 15 is 0 Å². The van der Waals surface area contributed by atoms with Crippen LogP contribution >= 0.6 is 31.9 Å². The van der Waals surface area contributed by atoms with Gasteiger partial charge in [-0.15, -0.1) is 5.10 Å². The molecule has 0 saturated heterocycles. The topological polar surface area (TPSA) is 30.7 Å². The van der Waals surface area contributed by atoms with Gasteiger partial charge in [0.25, 0.3) is 0 Å². The van der Waals surface area contributed by atoms with Crippen LogP contribution in [0.4, 0.5) is 0 Å². The summed E-state index contributed by atoms with van der Waals surface area (Å²) in [6.45, 7) is 0. The fraction of sp³-hybridized carbons (Fsp3) is 0.250. The summed E-state index contributed by atoms with van der Waals surface area (Å²) >= 11 is 6.88. The number of benzene rings is 1. The second-order valence-corrected chi connectivity index (χ2v) is 4.21. The average molecular weight is 305 g/mol. The van der Waals surface area contributed by atoms with Gasteiger partial charge >= 0.3 is 0 Å². The molecule has 0 aliphatic heterocycles. The van der Waals surface area contributed by atoms with Crippen LogP contribution in [0, 0.1) is 0 Å². The van der Waals surface area contributed by atoms with Crippen molar-refractivity contribution >= 4 is 42.9 Å². The fourth-order valence-electron chi connectivity index (χ4n) is 1.22. The summed E-state index contributed by atoms with van der Waals surface area (Å²) in [5.74, 6) is 0. The molecule has 5 heteroatoms. The molecular weight excluding hydrogens is 298 g/mol. The van der Waals surface area contributed by atoms with E-state index < -0.39 is 0 Å². The lowest BCUT2D eigenvalue weighted by atomic mass is 10.2. The fourth-order valence-corrected chi connectivity index (χ4v) is 2.12. The minimum atomic E-state index is 0.840. The molecule has 0 fully saturated rings. The van der Waals surface area contributed by atoms with Gasteiger partial charge in [-0.1, -0.05) is 21.1 Å². The molecular formula is C8H7Br2N3. The molecule has 0 amide bonds. The van der Waals surface area contributed by atoms with Crippen LogP contribution in [0.1, 0.15) is 5.56 Å². The first-order valence-corrected chi connectivity index (χ1v) is 5.67. The van der Waals surface area contributed by atoms with E-state index in [1.54, 1.807) is 4.68 Å². The number of rotatable bonds is 1. The maximum absolute atomic E-state index is 4.04. The Morgan fingerprint density at radius 3 is 2.92 bits per heavy atom. The lowest BCUT2D eigenvalue weighted by Gasteiger charge is -1.98. The molecule has 0 aliphatic rings. The number of fused-ring (bicyclic) bond motifs is 1. The van der Waals surface area contributed by atoms with Gasteiger partial charge in [-0.05, 0) is 33.6 Å². The van der Waals surface area contributed by atoms with Gasteiger partial charge in [0.2, 0.25) is 0 Å². The molecule has 2 rings (SSSR count). The highest BCUT2D eigenvalue weighted by atomic mass is 79.9. The molecule has 0 atom stereocenters. The maximum Gasteiger partial charge on any atom is 0.127 e. The van der Waals surface area contributed by atoms with E-state index in [0.29, 0.717) is 0 Å². The van der Waals surface area contributed by atoms with Gasteiger partial charge in [0.05, 0.1) is 5.52 Å². The van der Waals surface area contributed by atoms with Crippen molar-refractivity contribution in [2.45, 2.75) is 5.33 Å². The second kappa shape index (κ2) is 3.38. The van der Waals surface area contributed by atoms with E-state index in [2.05, 4.69) is 48.2 Å². The Kier molecular flexibility index (Phi) is 2.38. The standard InChI is InChI=1S/C8H7Br2N3/c1-13-7-3-5(4-9)2-6(10)8(7)11-12-13/h2-3H,4H2,1H3. The van der Waals surface area contributed by atoms with Gasteiger partial charge in [-0.25, -0.2) is 4.68 Å². The predicted octanol–water partition coefficient (Wildman–Crippen LogP) is 2.63. The molecule has 0 saturated carbocycles. The lowest BCUT2D eigenvalue weighted by molar-refractivity contribution is 0.736. The van der Waals surface area contributed by atoms with Crippen LogP contribution in [0.15, 0.2) is 16.6 Å². The van der Waals surface area contributed by atoms with E-state index in [-0.39, 0.29) is 0 Å². The predicted molar refractivity (Wildman–Crippen MR) is 58.8 cm³/mol. The van der Waals surface area contributed by atoms with Gasteiger partial charge in [0.15, 0.2) is 0 Å². The summed E-state index contributed by atoms with van der Waals surface area (Å²) in [6, 6.07) is 4.13. The monoisotopic (exact) mass is 303 g/mol. The Labute approximate surface area is 92.4 Å². The lowest BCUT2D eigenvalue weighted by Crippen LogP contribution is -1.90. The second-order valence-electron chi connectivity index (χ2n) is 2.79. The minimum Gasteiger partial charge on any atom is -0.248 e. The van der Waals surface area contributed by atoms with Gasteiger partial charge in [-0.3, -0.25) is 0 Å². The Morgan fingerprint density at radius 2 is 2.23 bits per heavy atom. The van der Waals surface area contributed by atoms with Gasteiger partial charge < -0.3 is 0 Å². The summed E-state index contributed by atoms with van der Waals surface area (Å²) in [7, 11) is 1.89. The molecule has 0 unspecified atom stereocenters. The van der Waals surface area contributed by atoms with Gasteiger partial charge in [0.1, 0.15) is 5.52 Å². The first-order valence-electron chi connectivity index (χ1n) is 3.76.